The fourth-order valence-corrected chi connectivity index (χ4v) is 3.27. The van der Waals surface area contributed by atoms with Gasteiger partial charge in [-0.1, -0.05) is 92.4 Å². The molecule has 1 amide bonds. The second-order valence-electron chi connectivity index (χ2n) is 6.82. The van der Waals surface area contributed by atoms with Crippen molar-refractivity contribution in [3.63, 3.8) is 0 Å². The van der Waals surface area contributed by atoms with Crippen molar-refractivity contribution in [1.82, 2.24) is 4.90 Å². The minimum Gasteiger partial charge on any atom is -0.464 e. The Labute approximate surface area is 177 Å². The monoisotopic (exact) mass is 441 g/mol. The summed E-state index contributed by atoms with van der Waals surface area (Å²) in [6.45, 7) is 3.32. The van der Waals surface area contributed by atoms with Gasteiger partial charge in [-0.05, 0) is 12.8 Å². The number of nitrogens with zero attached hydrogens (tertiary/aromatic N) is 1. The second kappa shape index (κ2) is 12.7. The van der Waals surface area contributed by atoms with Crippen molar-refractivity contribution in [2.45, 2.75) is 81.1 Å². The van der Waals surface area contributed by atoms with Crippen LogP contribution in [0.3, 0.4) is 0 Å². The van der Waals surface area contributed by atoms with Gasteiger partial charge in [0, 0.05) is 6.92 Å². The summed E-state index contributed by atoms with van der Waals surface area (Å²) in [5.74, 6) is -0.383. The zero-order valence-corrected chi connectivity index (χ0v) is 18.4. The molecule has 0 saturated carbocycles. The fraction of sp³-hybridized carbons (Fsp3) is 0.789. The number of carbonyl (C=O) groups excluding carboxylic acids is 2. The molecule has 0 spiro atoms. The van der Waals surface area contributed by atoms with E-state index in [0.29, 0.717) is 6.42 Å². The lowest BCUT2D eigenvalue weighted by Gasteiger charge is -2.38. The topological polar surface area (TPSA) is 55.8 Å². The van der Waals surface area contributed by atoms with Crippen molar-refractivity contribution in [3.8, 4) is 0 Å². The van der Waals surface area contributed by atoms with E-state index in [9.17, 15) is 9.59 Å². The van der Waals surface area contributed by atoms with Gasteiger partial charge in [-0.25, -0.2) is 4.79 Å². The van der Waals surface area contributed by atoms with Gasteiger partial charge in [-0.15, -0.1) is 0 Å². The number of unbranched alkanes of at least 4 members (excludes halogenated alkanes) is 5. The molecule has 5 nitrogen and oxygen atoms in total. The molecule has 27 heavy (non-hydrogen) atoms. The van der Waals surface area contributed by atoms with Crippen molar-refractivity contribution in [1.29, 1.82) is 0 Å². The third kappa shape index (κ3) is 10.5. The molecule has 1 heterocycles. The summed E-state index contributed by atoms with van der Waals surface area (Å²) in [6, 6.07) is -0.403. The summed E-state index contributed by atoms with van der Waals surface area (Å²) >= 11 is 17.1. The second-order valence-corrected chi connectivity index (χ2v) is 9.34. The quantitative estimate of drug-likeness (QED) is 0.185. The van der Waals surface area contributed by atoms with E-state index in [1.54, 1.807) is 4.90 Å². The van der Waals surface area contributed by atoms with E-state index in [1.165, 1.54) is 32.6 Å². The highest BCUT2D eigenvalue weighted by Gasteiger charge is 2.34. The molecule has 1 aliphatic rings. The first-order valence-electron chi connectivity index (χ1n) is 9.56. The van der Waals surface area contributed by atoms with Crippen LogP contribution >= 0.6 is 34.8 Å². The molecule has 0 bridgehead atoms. The zero-order valence-electron chi connectivity index (χ0n) is 16.1. The molecule has 0 saturated heterocycles. The van der Waals surface area contributed by atoms with E-state index in [2.05, 4.69) is 6.92 Å². The smallest absolute Gasteiger partial charge is 0.410 e. The number of hydrogen-bond acceptors (Lipinski definition) is 4. The number of hydrogen-bond donors (Lipinski definition) is 0. The maximum absolute atomic E-state index is 12.6. The minimum atomic E-state index is -1.67. The van der Waals surface area contributed by atoms with Crippen molar-refractivity contribution in [3.05, 3.63) is 12.2 Å². The third-order valence-corrected chi connectivity index (χ3v) is 4.75. The van der Waals surface area contributed by atoms with Gasteiger partial charge in [-0.2, -0.15) is 0 Å². The maximum atomic E-state index is 12.6. The Balaban J connectivity index is 2.68. The molecule has 0 N–H and O–H groups in total. The average Bonchev–Trinajstić information content (AvgIpc) is 2.60. The Kier molecular flexibility index (Phi) is 11.5. The Hall–Kier alpha value is -0.650. The summed E-state index contributed by atoms with van der Waals surface area (Å²) in [5.41, 5.74) is 0. The van der Waals surface area contributed by atoms with Crippen LogP contribution in [-0.2, 0) is 14.3 Å². The lowest BCUT2D eigenvalue weighted by molar-refractivity contribution is -0.142. The highest BCUT2D eigenvalue weighted by Crippen LogP contribution is 2.28. The lowest BCUT2D eigenvalue weighted by Crippen LogP contribution is -2.51. The van der Waals surface area contributed by atoms with E-state index in [0.717, 1.165) is 19.3 Å². The van der Waals surface area contributed by atoms with Crippen LogP contribution in [0, 0.1) is 0 Å². The molecule has 1 aliphatic heterocycles. The van der Waals surface area contributed by atoms with Crippen LogP contribution in [0.1, 0.15) is 65.2 Å². The molecule has 2 atom stereocenters. The van der Waals surface area contributed by atoms with Crippen molar-refractivity contribution < 1.29 is 19.1 Å². The Bertz CT molecular complexity index is 494. The van der Waals surface area contributed by atoms with Crippen LogP contribution in [0.15, 0.2) is 12.2 Å². The van der Waals surface area contributed by atoms with Gasteiger partial charge in [-0.3, -0.25) is 9.69 Å². The van der Waals surface area contributed by atoms with Crippen LogP contribution in [0.4, 0.5) is 4.79 Å². The zero-order chi connectivity index (χ0) is 20.3. The lowest BCUT2D eigenvalue weighted by atomic mass is 9.98. The van der Waals surface area contributed by atoms with Crippen molar-refractivity contribution in [2.75, 3.05) is 13.2 Å². The molecule has 156 valence electrons. The predicted octanol–water partition coefficient (Wildman–Crippen LogP) is 5.81. The Morgan fingerprint density at radius 1 is 1.11 bits per heavy atom. The van der Waals surface area contributed by atoms with Gasteiger partial charge in [0.05, 0.1) is 12.1 Å². The van der Waals surface area contributed by atoms with Gasteiger partial charge >= 0.3 is 12.1 Å². The summed E-state index contributed by atoms with van der Waals surface area (Å²) in [6.07, 6.45) is 11.9. The van der Waals surface area contributed by atoms with Gasteiger partial charge < -0.3 is 9.47 Å². The Morgan fingerprint density at radius 2 is 1.78 bits per heavy atom. The average molecular weight is 443 g/mol. The van der Waals surface area contributed by atoms with Gasteiger partial charge in [0.25, 0.3) is 0 Å². The van der Waals surface area contributed by atoms with E-state index in [4.69, 9.17) is 44.3 Å². The van der Waals surface area contributed by atoms with Crippen LogP contribution in [-0.4, -0.2) is 46.1 Å². The van der Waals surface area contributed by atoms with Crippen LogP contribution in [0.2, 0.25) is 0 Å². The third-order valence-electron chi connectivity index (χ3n) is 4.42. The number of alkyl halides is 3. The SMILES string of the molecule is CCCCCCCC[C@H]1C=CC[C@H](COC(C)=O)N1C(=O)OCC(Cl)(Cl)Cl. The first-order valence-corrected chi connectivity index (χ1v) is 10.7. The van der Waals surface area contributed by atoms with E-state index in [1.807, 2.05) is 12.2 Å². The first-order chi connectivity index (χ1) is 12.7. The van der Waals surface area contributed by atoms with Gasteiger partial charge in [0.15, 0.2) is 0 Å². The number of amides is 1. The summed E-state index contributed by atoms with van der Waals surface area (Å²) in [5, 5.41) is 0. The van der Waals surface area contributed by atoms with Crippen molar-refractivity contribution in [2.24, 2.45) is 0 Å². The van der Waals surface area contributed by atoms with Crippen LogP contribution < -0.4 is 0 Å². The molecule has 0 unspecified atom stereocenters. The number of ether oxygens (including phenoxy) is 2. The highest BCUT2D eigenvalue weighted by atomic mass is 35.6. The molecule has 1 rings (SSSR count). The van der Waals surface area contributed by atoms with Gasteiger partial charge in [0.2, 0.25) is 3.79 Å². The van der Waals surface area contributed by atoms with Crippen LogP contribution in [0.5, 0.6) is 0 Å². The molecule has 0 radical (unpaired) electrons. The molecule has 0 fully saturated rings. The van der Waals surface area contributed by atoms with E-state index >= 15 is 0 Å². The fourth-order valence-electron chi connectivity index (χ4n) is 3.10. The number of rotatable bonds is 10. The summed E-state index contributed by atoms with van der Waals surface area (Å²) in [7, 11) is 0. The predicted molar refractivity (Wildman–Crippen MR) is 109 cm³/mol. The maximum Gasteiger partial charge on any atom is 0.410 e. The number of esters is 1. The highest BCUT2D eigenvalue weighted by molar-refractivity contribution is 6.67. The van der Waals surface area contributed by atoms with Crippen molar-refractivity contribution >= 4 is 46.9 Å². The standard InChI is InChI=1S/C19H30Cl3NO4/c1-3-4-5-6-7-8-10-16-11-9-12-17(13-26-15(2)24)23(16)18(25)27-14-19(20,21)22/h9,11,16-17H,3-8,10,12-14H2,1-2H3/t16-,17+/m0/s1. The first kappa shape index (κ1) is 24.4. The summed E-state index contributed by atoms with van der Waals surface area (Å²) in [4.78, 5) is 25.4. The molecule has 0 aliphatic carbocycles. The van der Waals surface area contributed by atoms with E-state index < -0.39 is 9.89 Å². The summed E-state index contributed by atoms with van der Waals surface area (Å²) < 4.78 is 8.65. The molecular weight excluding hydrogens is 413 g/mol. The minimum absolute atomic E-state index is 0.117. The Morgan fingerprint density at radius 3 is 2.41 bits per heavy atom. The number of halogens is 3. The van der Waals surface area contributed by atoms with Crippen LogP contribution in [0.25, 0.3) is 0 Å². The molecule has 8 heteroatoms. The van der Waals surface area contributed by atoms with Gasteiger partial charge in [0.1, 0.15) is 13.2 Å². The molecule has 0 aromatic heterocycles. The number of carbonyl (C=O) groups is 2. The normalized spacial score (nSPS) is 19.8. The van der Waals surface area contributed by atoms with E-state index in [-0.39, 0.29) is 31.3 Å². The molecule has 0 aromatic carbocycles. The largest absolute Gasteiger partial charge is 0.464 e. The molecular formula is C19H30Cl3NO4. The molecule has 0 aromatic rings.